The van der Waals surface area contributed by atoms with Crippen LogP contribution in [-0.4, -0.2) is 14.5 Å². The molecule has 0 bridgehead atoms. The van der Waals surface area contributed by atoms with Crippen LogP contribution in [0, 0.1) is 19.7 Å². The Kier molecular flexibility index (Phi) is 3.38. The number of benzene rings is 2. The minimum Gasteiger partial charge on any atom is -0.299 e. The van der Waals surface area contributed by atoms with Crippen molar-refractivity contribution in [3.63, 3.8) is 0 Å². The van der Waals surface area contributed by atoms with E-state index in [-0.39, 0.29) is 5.82 Å². The van der Waals surface area contributed by atoms with E-state index in [0.29, 0.717) is 0 Å². The summed E-state index contributed by atoms with van der Waals surface area (Å²) in [6, 6.07) is 15.1. The van der Waals surface area contributed by atoms with Crippen LogP contribution in [0.1, 0.15) is 11.1 Å². The van der Waals surface area contributed by atoms with Gasteiger partial charge in [0.15, 0.2) is 0 Å². The summed E-state index contributed by atoms with van der Waals surface area (Å²) in [5.74, 6) is -0.234. The van der Waals surface area contributed by atoms with E-state index in [9.17, 15) is 4.39 Å². The fourth-order valence-corrected chi connectivity index (χ4v) is 2.88. The molecule has 4 rings (SSSR count). The molecule has 0 saturated carbocycles. The van der Waals surface area contributed by atoms with Gasteiger partial charge in [0.25, 0.3) is 0 Å². The fourth-order valence-electron chi connectivity index (χ4n) is 2.88. The summed E-state index contributed by atoms with van der Waals surface area (Å²) in [6.45, 7) is 3.96. The topological polar surface area (TPSA) is 30.7 Å². The number of aromatic nitrogens is 3. The molecule has 0 spiro atoms. The molecular formula is C20H16FN3. The van der Waals surface area contributed by atoms with Gasteiger partial charge in [-0.05, 0) is 55.8 Å². The molecule has 0 aliphatic carbocycles. The van der Waals surface area contributed by atoms with Gasteiger partial charge in [-0.25, -0.2) is 9.37 Å². The quantitative estimate of drug-likeness (QED) is 0.529. The average Bonchev–Trinajstić information content (AvgIpc) is 2.99. The maximum absolute atomic E-state index is 13.4. The maximum atomic E-state index is 13.4. The van der Waals surface area contributed by atoms with E-state index in [1.807, 2.05) is 17.6 Å². The molecule has 2 aromatic carbocycles. The molecule has 3 nitrogen and oxygen atoms in total. The minimum atomic E-state index is -0.234. The second-order valence-electron chi connectivity index (χ2n) is 5.97. The Morgan fingerprint density at radius 2 is 1.71 bits per heavy atom. The lowest BCUT2D eigenvalue weighted by Crippen LogP contribution is -1.94. The number of aryl methyl sites for hydroxylation is 2. The van der Waals surface area contributed by atoms with E-state index < -0.39 is 0 Å². The lowest BCUT2D eigenvalue weighted by molar-refractivity contribution is 0.627. The molecule has 4 heteroatoms. The van der Waals surface area contributed by atoms with E-state index in [2.05, 4.69) is 41.2 Å². The number of hydrogen-bond donors (Lipinski definition) is 0. The predicted octanol–water partition coefficient (Wildman–Crippen LogP) is 4.84. The summed E-state index contributed by atoms with van der Waals surface area (Å²) in [5, 5.41) is 0. The second kappa shape index (κ2) is 5.57. The number of pyridine rings is 1. The summed E-state index contributed by atoms with van der Waals surface area (Å²) in [5.41, 5.74) is 6.68. The Labute approximate surface area is 139 Å². The molecule has 0 saturated heterocycles. The highest BCUT2D eigenvalue weighted by molar-refractivity contribution is 5.81. The van der Waals surface area contributed by atoms with Crippen LogP contribution in [0.15, 0.2) is 61.1 Å². The molecule has 118 valence electrons. The van der Waals surface area contributed by atoms with Crippen molar-refractivity contribution in [1.82, 2.24) is 14.5 Å². The summed E-state index contributed by atoms with van der Waals surface area (Å²) in [4.78, 5) is 8.92. The van der Waals surface area contributed by atoms with Crippen molar-refractivity contribution in [2.24, 2.45) is 0 Å². The van der Waals surface area contributed by atoms with Crippen molar-refractivity contribution in [3.05, 3.63) is 78.0 Å². The molecule has 0 aliphatic rings. The second-order valence-corrected chi connectivity index (χ2v) is 5.97. The third-order valence-electron chi connectivity index (χ3n) is 4.21. The normalized spacial score (nSPS) is 11.1. The fraction of sp³-hybridized carbons (Fsp3) is 0.100. The van der Waals surface area contributed by atoms with Gasteiger partial charge in [0, 0.05) is 11.3 Å². The number of rotatable bonds is 2. The lowest BCUT2D eigenvalue weighted by Gasteiger charge is -2.08. The number of nitrogens with zero attached hydrogens (tertiary/aromatic N) is 3. The standard InChI is InChI=1S/C20H16FN3/c1-13-3-6-16(7-4-13)24-12-23-19-11-22-18(10-20(19)24)17-8-5-15(21)9-14(17)2/h3-12H,1-2H3. The molecule has 0 unspecified atom stereocenters. The van der Waals surface area contributed by atoms with Crippen LogP contribution in [0.4, 0.5) is 4.39 Å². The van der Waals surface area contributed by atoms with Gasteiger partial charge in [-0.1, -0.05) is 17.7 Å². The van der Waals surface area contributed by atoms with Crippen molar-refractivity contribution in [3.8, 4) is 16.9 Å². The van der Waals surface area contributed by atoms with E-state index in [1.54, 1.807) is 18.6 Å². The van der Waals surface area contributed by atoms with Crippen LogP contribution in [0.25, 0.3) is 28.0 Å². The van der Waals surface area contributed by atoms with Gasteiger partial charge in [-0.15, -0.1) is 0 Å². The van der Waals surface area contributed by atoms with Crippen LogP contribution < -0.4 is 0 Å². The third kappa shape index (κ3) is 2.46. The highest BCUT2D eigenvalue weighted by atomic mass is 19.1. The van der Waals surface area contributed by atoms with Gasteiger partial charge in [0.2, 0.25) is 0 Å². The van der Waals surface area contributed by atoms with Gasteiger partial charge < -0.3 is 0 Å². The minimum absolute atomic E-state index is 0.234. The third-order valence-corrected chi connectivity index (χ3v) is 4.21. The highest BCUT2D eigenvalue weighted by Crippen LogP contribution is 2.26. The van der Waals surface area contributed by atoms with Gasteiger partial charge in [0.1, 0.15) is 17.7 Å². The lowest BCUT2D eigenvalue weighted by atomic mass is 10.0. The monoisotopic (exact) mass is 317 g/mol. The zero-order valence-electron chi connectivity index (χ0n) is 13.5. The van der Waals surface area contributed by atoms with E-state index >= 15 is 0 Å². The molecule has 0 N–H and O–H groups in total. The van der Waals surface area contributed by atoms with E-state index in [0.717, 1.165) is 33.5 Å². The van der Waals surface area contributed by atoms with Crippen LogP contribution in [0.2, 0.25) is 0 Å². The van der Waals surface area contributed by atoms with Gasteiger partial charge in [-0.2, -0.15) is 0 Å². The van der Waals surface area contributed by atoms with Crippen LogP contribution in [-0.2, 0) is 0 Å². The number of hydrogen-bond acceptors (Lipinski definition) is 2. The zero-order valence-corrected chi connectivity index (χ0v) is 13.5. The van der Waals surface area contributed by atoms with E-state index in [1.165, 1.54) is 17.7 Å². The first-order valence-corrected chi connectivity index (χ1v) is 7.78. The largest absolute Gasteiger partial charge is 0.299 e. The first-order valence-electron chi connectivity index (χ1n) is 7.78. The predicted molar refractivity (Wildman–Crippen MR) is 93.7 cm³/mol. The Bertz CT molecular complexity index is 1030. The average molecular weight is 317 g/mol. The Morgan fingerprint density at radius 3 is 2.46 bits per heavy atom. The van der Waals surface area contributed by atoms with Crippen molar-refractivity contribution in [2.75, 3.05) is 0 Å². The molecule has 0 atom stereocenters. The Hall–Kier alpha value is -3.01. The summed E-state index contributed by atoms with van der Waals surface area (Å²) in [7, 11) is 0. The zero-order chi connectivity index (χ0) is 16.7. The number of fused-ring (bicyclic) bond motifs is 1. The van der Waals surface area contributed by atoms with Crippen LogP contribution >= 0.6 is 0 Å². The smallest absolute Gasteiger partial charge is 0.123 e. The van der Waals surface area contributed by atoms with Crippen LogP contribution in [0.5, 0.6) is 0 Å². The molecule has 0 amide bonds. The van der Waals surface area contributed by atoms with Crippen molar-refractivity contribution in [1.29, 1.82) is 0 Å². The summed E-state index contributed by atoms with van der Waals surface area (Å²) in [6.07, 6.45) is 3.57. The number of imidazole rings is 1. The molecule has 0 aliphatic heterocycles. The van der Waals surface area contributed by atoms with E-state index in [4.69, 9.17) is 0 Å². The Balaban J connectivity index is 1.88. The maximum Gasteiger partial charge on any atom is 0.123 e. The molecule has 0 radical (unpaired) electrons. The van der Waals surface area contributed by atoms with Gasteiger partial charge >= 0.3 is 0 Å². The molecule has 4 aromatic rings. The molecule has 2 heterocycles. The summed E-state index contributed by atoms with van der Waals surface area (Å²) >= 11 is 0. The first-order chi connectivity index (χ1) is 11.6. The first kappa shape index (κ1) is 14.6. The van der Waals surface area contributed by atoms with Gasteiger partial charge in [-0.3, -0.25) is 9.55 Å². The molecule has 24 heavy (non-hydrogen) atoms. The van der Waals surface area contributed by atoms with Crippen molar-refractivity contribution < 1.29 is 4.39 Å². The van der Waals surface area contributed by atoms with Crippen molar-refractivity contribution in [2.45, 2.75) is 13.8 Å². The Morgan fingerprint density at radius 1 is 0.917 bits per heavy atom. The highest BCUT2D eigenvalue weighted by Gasteiger charge is 2.10. The van der Waals surface area contributed by atoms with Crippen LogP contribution in [0.3, 0.4) is 0 Å². The SMILES string of the molecule is Cc1ccc(-n2cnc3cnc(-c4ccc(F)cc4C)cc32)cc1. The number of halogens is 1. The van der Waals surface area contributed by atoms with Gasteiger partial charge in [0.05, 0.1) is 17.4 Å². The molecule has 0 fully saturated rings. The molecular weight excluding hydrogens is 301 g/mol. The van der Waals surface area contributed by atoms with Crippen molar-refractivity contribution >= 4 is 11.0 Å². The molecule has 2 aromatic heterocycles. The summed E-state index contributed by atoms with van der Waals surface area (Å²) < 4.78 is 15.4.